The Balaban J connectivity index is 1.06. The Labute approximate surface area is 626 Å². The monoisotopic (exact) mass is 1490 g/mol. The van der Waals surface area contributed by atoms with E-state index in [-0.39, 0.29) is 70.4 Å². The number of amides is 1. The first-order valence-corrected chi connectivity index (χ1v) is 35.2. The maximum atomic E-state index is 15.2. The van der Waals surface area contributed by atoms with Crippen LogP contribution >= 0.6 is 0 Å². The van der Waals surface area contributed by atoms with Crippen LogP contribution in [-0.2, 0) is 80.6 Å². The number of ether oxygens (including phenoxy) is 15. The van der Waals surface area contributed by atoms with E-state index in [0.717, 1.165) is 0 Å². The fourth-order valence-corrected chi connectivity index (χ4v) is 12.4. The first-order chi connectivity index (χ1) is 52.9. The van der Waals surface area contributed by atoms with Crippen molar-refractivity contribution in [1.29, 1.82) is 0 Å². The van der Waals surface area contributed by atoms with E-state index in [1.165, 1.54) is 125 Å². The van der Waals surface area contributed by atoms with E-state index in [4.69, 9.17) is 71.1 Å². The maximum Gasteiger partial charge on any atom is 0.338 e. The van der Waals surface area contributed by atoms with E-state index >= 15 is 9.59 Å². The summed E-state index contributed by atoms with van der Waals surface area (Å²) in [7, 11) is 1.18. The molecule has 1 N–H and O–H groups in total. The third-order valence-corrected chi connectivity index (χ3v) is 17.8. The molecule has 26 heteroatoms. The van der Waals surface area contributed by atoms with Crippen LogP contribution in [0.1, 0.15) is 123 Å². The lowest BCUT2D eigenvalue weighted by Gasteiger charge is -2.50. The molecule has 0 unspecified atom stereocenters. The Morgan fingerprint density at radius 3 is 0.963 bits per heavy atom. The van der Waals surface area contributed by atoms with Gasteiger partial charge in [0.05, 0.1) is 63.8 Å². The molecule has 3 aliphatic rings. The maximum absolute atomic E-state index is 15.2. The number of carbonyl (C=O) groups excluding carboxylic acids is 10. The fraction of sp³-hybridized carbons (Fsp3) is 0.301. The minimum Gasteiger partial charge on any atom is -0.467 e. The molecule has 0 bridgehead atoms. The van der Waals surface area contributed by atoms with Crippen LogP contribution in [0.3, 0.4) is 0 Å². The molecule has 0 spiro atoms. The molecule has 26 nitrogen and oxygen atoms in total. The highest BCUT2D eigenvalue weighted by Crippen LogP contribution is 2.40. The van der Waals surface area contributed by atoms with Gasteiger partial charge in [-0.15, -0.1) is 0 Å². The number of hydrogen-bond donors (Lipinski definition) is 1. The average molecular weight is 1490 g/mol. The third kappa shape index (κ3) is 20.7. The minimum atomic E-state index is -2.09. The molecule has 566 valence electrons. The number of methoxy groups -OCH3 is 1. The molecule has 0 aromatic heterocycles. The smallest absolute Gasteiger partial charge is 0.338 e. The van der Waals surface area contributed by atoms with Crippen LogP contribution in [0, 0.1) is 0 Å². The summed E-state index contributed by atoms with van der Waals surface area (Å²) < 4.78 is 97.3. The topological polar surface area (TPSA) is 321 Å². The average Bonchev–Trinajstić information content (AvgIpc) is 0.757. The lowest BCUT2D eigenvalue weighted by Crippen LogP contribution is -2.68. The molecule has 8 aromatic carbocycles. The molecule has 11 rings (SSSR count). The summed E-state index contributed by atoms with van der Waals surface area (Å²) in [5.41, 5.74) is 0.128. The van der Waals surface area contributed by atoms with Gasteiger partial charge in [0.2, 0.25) is 5.91 Å². The van der Waals surface area contributed by atoms with Gasteiger partial charge < -0.3 is 76.4 Å². The lowest BCUT2D eigenvalue weighted by atomic mass is 9.95. The normalized spacial score (nSPS) is 23.8. The van der Waals surface area contributed by atoms with Crippen LogP contribution in [-0.4, -0.2) is 178 Å². The summed E-state index contributed by atoms with van der Waals surface area (Å²) in [6.45, 7) is 3.16. The van der Waals surface area contributed by atoms with Gasteiger partial charge in [0.15, 0.2) is 61.6 Å². The van der Waals surface area contributed by atoms with E-state index in [1.54, 1.807) is 146 Å². The summed E-state index contributed by atoms with van der Waals surface area (Å²) >= 11 is 0. The summed E-state index contributed by atoms with van der Waals surface area (Å²) in [4.78, 5) is 143. The van der Waals surface area contributed by atoms with Crippen LogP contribution in [0.5, 0.6) is 0 Å². The van der Waals surface area contributed by atoms with Gasteiger partial charge in [-0.05, 0) is 130 Å². The quantitative estimate of drug-likeness (QED) is 0.0259. The zero-order chi connectivity index (χ0) is 76.8. The number of benzene rings is 8. The van der Waals surface area contributed by atoms with E-state index in [2.05, 4.69) is 5.32 Å². The van der Waals surface area contributed by atoms with Crippen LogP contribution in [0.2, 0.25) is 0 Å². The van der Waals surface area contributed by atoms with E-state index in [0.29, 0.717) is 0 Å². The Morgan fingerprint density at radius 1 is 0.339 bits per heavy atom. The highest BCUT2D eigenvalue weighted by Gasteiger charge is 2.60. The van der Waals surface area contributed by atoms with E-state index in [1.807, 2.05) is 0 Å². The van der Waals surface area contributed by atoms with Crippen molar-refractivity contribution < 1.29 is 119 Å². The standard InChI is InChI=1S/C83H79NO25/c1-50-63(101-73(87)54-33-15-6-16-34-54)66(103-75(89)56-37-19-8-20-38-56)70(106-78(92)59-43-25-11-26-44-59)83(99-50)109-67-64(102-74(88)55-35-17-7-18-36-55)51(2)98-82(71(67)107-79(93)60-45-27-12-28-46-60)108-65-62(49-97-72(86)53-31-13-5-14-32-53)100-81(96-48-30-29-47-61(80(94)95-4)84-52(3)85)69(105-77(91)58-41-23-10-24-42-58)68(65)104-76(90)57-39-21-9-22-40-57/h5-28,31-46,50-51,61-71,81-83H,29-30,47-49H2,1-4H3,(H,84,85)/t50-,51-,61+,62-,63-,64-,65+,66+,67+,68+,69-,70+,71+,81+,82-,83-/m1/s1. The van der Waals surface area contributed by atoms with Gasteiger partial charge in [-0.1, -0.05) is 146 Å². The van der Waals surface area contributed by atoms with Gasteiger partial charge in [0, 0.05) is 13.5 Å². The number of esters is 9. The number of hydrogen-bond acceptors (Lipinski definition) is 25. The number of carbonyl (C=O) groups is 10. The predicted molar refractivity (Wildman–Crippen MR) is 383 cm³/mol. The number of unbranched alkanes of at least 4 members (excludes halogenated alkanes) is 1. The van der Waals surface area contributed by atoms with E-state index in [9.17, 15) is 38.4 Å². The van der Waals surface area contributed by atoms with Gasteiger partial charge in [-0.25, -0.2) is 43.2 Å². The molecule has 16 atom stereocenters. The lowest BCUT2D eigenvalue weighted by molar-refractivity contribution is -0.373. The van der Waals surface area contributed by atoms with Crippen molar-refractivity contribution in [1.82, 2.24) is 5.32 Å². The predicted octanol–water partition coefficient (Wildman–Crippen LogP) is 10.3. The Morgan fingerprint density at radius 2 is 0.624 bits per heavy atom. The highest BCUT2D eigenvalue weighted by atomic mass is 16.8. The van der Waals surface area contributed by atoms with Crippen molar-refractivity contribution >= 4 is 59.6 Å². The first-order valence-electron chi connectivity index (χ1n) is 35.2. The summed E-state index contributed by atoms with van der Waals surface area (Å²) in [6.07, 6.45) is -27.0. The van der Waals surface area contributed by atoms with Crippen LogP contribution in [0.25, 0.3) is 0 Å². The van der Waals surface area contributed by atoms with Gasteiger partial charge in [0.25, 0.3) is 0 Å². The van der Waals surface area contributed by atoms with Gasteiger partial charge in [-0.3, -0.25) is 4.79 Å². The van der Waals surface area contributed by atoms with Crippen molar-refractivity contribution in [2.45, 2.75) is 138 Å². The molecule has 0 radical (unpaired) electrons. The largest absolute Gasteiger partial charge is 0.467 e. The fourth-order valence-electron chi connectivity index (χ4n) is 12.4. The molecule has 3 saturated heterocycles. The SMILES string of the molecule is COC(=O)[C@H](CCCCO[C@H]1O[C@H](COC(=O)c2ccccc2)[C@H](O[C@H]2O[C@H](C)[C@@H](OC(=O)c3ccccc3)[C@H](O[C@H]3O[C@H](C)[C@@H](OC(=O)c4ccccc4)[C@H](OC(=O)c4ccccc4)[C@@H]3OC(=O)c3ccccc3)[C@@H]2OC(=O)c2ccccc2)[C@H](OC(=O)c2ccccc2)[C@H]1OC(=O)c1ccccc1)NC(C)=O. The van der Waals surface area contributed by atoms with Crippen molar-refractivity contribution in [3.63, 3.8) is 0 Å². The first kappa shape index (κ1) is 78.3. The zero-order valence-corrected chi connectivity index (χ0v) is 59.6. The van der Waals surface area contributed by atoms with Crippen molar-refractivity contribution in [3.8, 4) is 0 Å². The van der Waals surface area contributed by atoms with Crippen LogP contribution in [0.15, 0.2) is 243 Å². The molecule has 0 aliphatic carbocycles. The molecule has 1 amide bonds. The van der Waals surface area contributed by atoms with Gasteiger partial charge >= 0.3 is 53.7 Å². The van der Waals surface area contributed by atoms with Gasteiger partial charge in [-0.2, -0.15) is 0 Å². The van der Waals surface area contributed by atoms with E-state index < -0.39 is 164 Å². The summed E-state index contributed by atoms with van der Waals surface area (Å²) in [5, 5.41) is 2.57. The Kier molecular flexibility index (Phi) is 27.4. The summed E-state index contributed by atoms with van der Waals surface area (Å²) in [5.74, 6) is -9.03. The zero-order valence-electron chi connectivity index (χ0n) is 59.6. The molecule has 109 heavy (non-hydrogen) atoms. The Bertz CT molecular complexity index is 4360. The molecule has 3 aliphatic heterocycles. The summed E-state index contributed by atoms with van der Waals surface area (Å²) in [6, 6.07) is 60.9. The molecular weight excluding hydrogens is 1410 g/mol. The Hall–Kier alpha value is -11.8. The molecule has 8 aromatic rings. The highest BCUT2D eigenvalue weighted by molar-refractivity contribution is 5.94. The molecular formula is C83H79NO25. The number of rotatable bonds is 29. The molecule has 3 fully saturated rings. The minimum absolute atomic E-state index is 0.00996. The molecule has 3 heterocycles. The second kappa shape index (κ2) is 38.2. The van der Waals surface area contributed by atoms with Crippen molar-refractivity contribution in [2.75, 3.05) is 20.3 Å². The second-order valence-corrected chi connectivity index (χ2v) is 25.4. The third-order valence-electron chi connectivity index (χ3n) is 17.8. The molecule has 0 saturated carbocycles. The second-order valence-electron chi connectivity index (χ2n) is 25.4. The van der Waals surface area contributed by atoms with Crippen molar-refractivity contribution in [3.05, 3.63) is 287 Å². The van der Waals surface area contributed by atoms with Crippen molar-refractivity contribution in [2.24, 2.45) is 0 Å². The van der Waals surface area contributed by atoms with Crippen LogP contribution < -0.4 is 5.32 Å². The van der Waals surface area contributed by atoms with Crippen LogP contribution in [0.4, 0.5) is 0 Å². The van der Waals surface area contributed by atoms with Gasteiger partial charge in [0.1, 0.15) is 31.0 Å². The number of nitrogens with one attached hydrogen (secondary N) is 1.